The minimum absolute atomic E-state index is 0.0758. The van der Waals surface area contributed by atoms with Gasteiger partial charge < -0.3 is 5.73 Å². The molecule has 0 fully saturated rings. The number of ketones is 1. The fraction of sp³-hybridized carbons (Fsp3) is 0.176. The third kappa shape index (κ3) is 2.86. The van der Waals surface area contributed by atoms with Gasteiger partial charge in [0.25, 0.3) is 0 Å². The summed E-state index contributed by atoms with van der Waals surface area (Å²) in [5.41, 5.74) is 9.45. The van der Waals surface area contributed by atoms with E-state index in [1.54, 1.807) is 11.3 Å². The van der Waals surface area contributed by atoms with Gasteiger partial charge >= 0.3 is 0 Å². The Labute approximate surface area is 127 Å². The maximum atomic E-state index is 12.4. The van der Waals surface area contributed by atoms with E-state index < -0.39 is 0 Å². The highest BCUT2D eigenvalue weighted by molar-refractivity contribution is 7.18. The van der Waals surface area contributed by atoms with Crippen LogP contribution in [0.1, 0.15) is 26.5 Å². The van der Waals surface area contributed by atoms with Crippen LogP contribution in [0.5, 0.6) is 0 Å². The van der Waals surface area contributed by atoms with Crippen molar-refractivity contribution < 1.29 is 4.79 Å². The molecule has 0 atom stereocenters. The van der Waals surface area contributed by atoms with Crippen molar-refractivity contribution in [2.75, 3.05) is 0 Å². The average Bonchev–Trinajstić information content (AvgIpc) is 2.88. The van der Waals surface area contributed by atoms with E-state index in [2.05, 4.69) is 18.0 Å². The number of rotatable bonds is 4. The third-order valence-corrected chi connectivity index (χ3v) is 4.46. The van der Waals surface area contributed by atoms with Gasteiger partial charge in [-0.2, -0.15) is 0 Å². The molecule has 21 heavy (non-hydrogen) atoms. The molecule has 0 amide bonds. The number of aromatic nitrogens is 1. The molecule has 0 saturated heterocycles. The number of hydrogen-bond donors (Lipinski definition) is 1. The second kappa shape index (κ2) is 5.76. The molecule has 1 aromatic heterocycles. The smallest absolute Gasteiger partial charge is 0.169 e. The van der Waals surface area contributed by atoms with E-state index in [1.807, 2.05) is 36.4 Å². The van der Waals surface area contributed by atoms with Crippen LogP contribution in [-0.4, -0.2) is 10.8 Å². The van der Waals surface area contributed by atoms with Gasteiger partial charge in [-0.1, -0.05) is 30.3 Å². The molecule has 0 saturated carbocycles. The van der Waals surface area contributed by atoms with Crippen molar-refractivity contribution in [2.24, 2.45) is 5.73 Å². The molecular formula is C17H16N2OS. The number of benzene rings is 2. The Morgan fingerprint density at radius 2 is 2.05 bits per heavy atom. The monoisotopic (exact) mass is 296 g/mol. The Morgan fingerprint density at radius 1 is 1.24 bits per heavy atom. The molecule has 2 N–H and O–H groups in total. The fourth-order valence-corrected chi connectivity index (χ4v) is 3.42. The lowest BCUT2D eigenvalue weighted by molar-refractivity contribution is 0.0992. The second-order valence-corrected chi connectivity index (χ2v) is 6.16. The molecule has 0 aliphatic rings. The van der Waals surface area contributed by atoms with Crippen LogP contribution < -0.4 is 5.73 Å². The number of Topliss-reactive ketones (excluding diaryl/α,β-unsaturated/α-hetero) is 1. The fourth-order valence-electron chi connectivity index (χ4n) is 2.36. The lowest BCUT2D eigenvalue weighted by Crippen LogP contribution is -2.09. The highest BCUT2D eigenvalue weighted by Gasteiger charge is 2.13. The zero-order chi connectivity index (χ0) is 14.8. The highest BCUT2D eigenvalue weighted by atomic mass is 32.1. The first-order chi connectivity index (χ1) is 10.2. The van der Waals surface area contributed by atoms with Gasteiger partial charge in [0.2, 0.25) is 0 Å². The first kappa shape index (κ1) is 13.9. The maximum absolute atomic E-state index is 12.4. The molecule has 0 aliphatic heterocycles. The van der Waals surface area contributed by atoms with E-state index in [0.29, 0.717) is 18.5 Å². The highest BCUT2D eigenvalue weighted by Crippen LogP contribution is 2.24. The molecule has 0 spiro atoms. The lowest BCUT2D eigenvalue weighted by Gasteiger charge is -2.04. The average molecular weight is 296 g/mol. The lowest BCUT2D eigenvalue weighted by atomic mass is 10.0. The molecule has 1 heterocycles. The number of nitrogens with zero attached hydrogens (tertiary/aromatic N) is 1. The van der Waals surface area contributed by atoms with Gasteiger partial charge in [0, 0.05) is 12.1 Å². The summed E-state index contributed by atoms with van der Waals surface area (Å²) >= 11 is 1.58. The van der Waals surface area contributed by atoms with E-state index in [-0.39, 0.29) is 5.78 Å². The molecule has 106 valence electrons. The zero-order valence-corrected chi connectivity index (χ0v) is 12.6. The van der Waals surface area contributed by atoms with Crippen LogP contribution in [0.15, 0.2) is 42.5 Å². The van der Waals surface area contributed by atoms with Crippen molar-refractivity contribution in [2.45, 2.75) is 19.9 Å². The molecule has 3 nitrogen and oxygen atoms in total. The molecule has 4 heteroatoms. The van der Waals surface area contributed by atoms with Crippen molar-refractivity contribution in [3.8, 4) is 0 Å². The van der Waals surface area contributed by atoms with E-state index in [0.717, 1.165) is 20.8 Å². The van der Waals surface area contributed by atoms with Gasteiger partial charge in [0.1, 0.15) is 5.01 Å². The first-order valence-electron chi connectivity index (χ1n) is 6.84. The summed E-state index contributed by atoms with van der Waals surface area (Å²) in [5.74, 6) is 0.0758. The summed E-state index contributed by atoms with van der Waals surface area (Å²) in [7, 11) is 0. The van der Waals surface area contributed by atoms with Crippen LogP contribution in [0.4, 0.5) is 0 Å². The van der Waals surface area contributed by atoms with E-state index in [9.17, 15) is 4.79 Å². The topological polar surface area (TPSA) is 56.0 Å². The van der Waals surface area contributed by atoms with E-state index in [1.165, 1.54) is 5.56 Å². The molecular weight excluding hydrogens is 280 g/mol. The standard InChI is InChI=1S/C17H16N2OS/c1-11-6-7-14-16(8-11)21-17(19-14)9-15(20)13-5-3-2-4-12(13)10-18/h2-8H,9-10,18H2,1H3. The summed E-state index contributed by atoms with van der Waals surface area (Å²) in [6.07, 6.45) is 0.329. The SMILES string of the molecule is Cc1ccc2nc(CC(=O)c3ccccc3CN)sc2c1. The van der Waals surface area contributed by atoms with Crippen molar-refractivity contribution in [1.29, 1.82) is 0 Å². The van der Waals surface area contributed by atoms with Crippen LogP contribution >= 0.6 is 11.3 Å². The zero-order valence-electron chi connectivity index (χ0n) is 11.8. The Kier molecular flexibility index (Phi) is 3.82. The number of aryl methyl sites for hydroxylation is 1. The van der Waals surface area contributed by atoms with Crippen LogP contribution in [0.3, 0.4) is 0 Å². The van der Waals surface area contributed by atoms with Crippen molar-refractivity contribution in [3.63, 3.8) is 0 Å². The first-order valence-corrected chi connectivity index (χ1v) is 7.66. The predicted octanol–water partition coefficient (Wildman–Crippen LogP) is 3.49. The van der Waals surface area contributed by atoms with Crippen molar-refractivity contribution in [3.05, 3.63) is 64.2 Å². The maximum Gasteiger partial charge on any atom is 0.169 e. The minimum atomic E-state index is 0.0758. The molecule has 0 aliphatic carbocycles. The normalized spacial score (nSPS) is 11.0. The van der Waals surface area contributed by atoms with Crippen LogP contribution in [-0.2, 0) is 13.0 Å². The second-order valence-electron chi connectivity index (χ2n) is 5.04. The van der Waals surface area contributed by atoms with Gasteiger partial charge in [0.15, 0.2) is 5.78 Å². The van der Waals surface area contributed by atoms with E-state index >= 15 is 0 Å². The van der Waals surface area contributed by atoms with Crippen LogP contribution in [0.2, 0.25) is 0 Å². The van der Waals surface area contributed by atoms with Crippen molar-refractivity contribution in [1.82, 2.24) is 4.98 Å². The van der Waals surface area contributed by atoms with Crippen molar-refractivity contribution >= 4 is 27.3 Å². The molecule has 2 aromatic carbocycles. The number of nitrogens with two attached hydrogens (primary N) is 1. The number of hydrogen-bond acceptors (Lipinski definition) is 4. The molecule has 0 radical (unpaired) electrons. The number of carbonyl (C=O) groups is 1. The van der Waals surface area contributed by atoms with Gasteiger partial charge in [-0.25, -0.2) is 4.98 Å². The molecule has 3 rings (SSSR count). The Hall–Kier alpha value is -2.04. The van der Waals surface area contributed by atoms with Crippen LogP contribution in [0, 0.1) is 6.92 Å². The predicted molar refractivity (Wildman–Crippen MR) is 86.7 cm³/mol. The molecule has 0 bridgehead atoms. The Morgan fingerprint density at radius 3 is 2.86 bits per heavy atom. The van der Waals surface area contributed by atoms with E-state index in [4.69, 9.17) is 5.73 Å². The number of fused-ring (bicyclic) bond motifs is 1. The molecule has 3 aromatic rings. The third-order valence-electron chi connectivity index (χ3n) is 3.44. The summed E-state index contributed by atoms with van der Waals surface area (Å²) in [6.45, 7) is 2.43. The molecule has 0 unspecified atom stereocenters. The summed E-state index contributed by atoms with van der Waals surface area (Å²) < 4.78 is 1.13. The van der Waals surface area contributed by atoms with Crippen LogP contribution in [0.25, 0.3) is 10.2 Å². The summed E-state index contributed by atoms with van der Waals surface area (Å²) in [4.78, 5) is 17.0. The minimum Gasteiger partial charge on any atom is -0.326 e. The quantitative estimate of drug-likeness (QED) is 0.750. The largest absolute Gasteiger partial charge is 0.326 e. The van der Waals surface area contributed by atoms with Gasteiger partial charge in [-0.05, 0) is 30.2 Å². The number of carbonyl (C=O) groups excluding carboxylic acids is 1. The Bertz CT molecular complexity index is 807. The summed E-state index contributed by atoms with van der Waals surface area (Å²) in [6, 6.07) is 13.7. The number of thiazole rings is 1. The Balaban J connectivity index is 1.89. The van der Waals surface area contributed by atoms with Gasteiger partial charge in [0.05, 0.1) is 16.6 Å². The van der Waals surface area contributed by atoms with Gasteiger partial charge in [-0.15, -0.1) is 11.3 Å². The van der Waals surface area contributed by atoms with Gasteiger partial charge in [-0.3, -0.25) is 4.79 Å². The summed E-state index contributed by atoms with van der Waals surface area (Å²) in [5, 5.41) is 0.854.